The number of carbonyl (C=O) groups is 1. The Kier molecular flexibility index (Phi) is 5.70. The van der Waals surface area contributed by atoms with Crippen LogP contribution >= 0.6 is 0 Å². The topological polar surface area (TPSA) is 66.8 Å². The molecule has 4 rings (SSSR count). The van der Waals surface area contributed by atoms with E-state index in [0.29, 0.717) is 29.4 Å². The molecule has 1 heterocycles. The number of fused-ring (bicyclic) bond motifs is 2. The summed E-state index contributed by atoms with van der Waals surface area (Å²) in [5.74, 6) is 0.235. The molecule has 180 valence electrons. The summed E-state index contributed by atoms with van der Waals surface area (Å²) in [4.78, 5) is 14.0. The summed E-state index contributed by atoms with van der Waals surface area (Å²) < 4.78 is 6.64. The number of allylic oxidation sites excluding steroid dienone is 5. The molecule has 0 amide bonds. The maximum Gasteiger partial charge on any atom is 0.196 e. The van der Waals surface area contributed by atoms with E-state index < -0.39 is 11.0 Å². The predicted molar refractivity (Wildman–Crippen MR) is 137 cm³/mol. The molecule has 4 nitrogen and oxygen atoms in total. The number of ketones is 1. The molecule has 0 aromatic heterocycles. The summed E-state index contributed by atoms with van der Waals surface area (Å²) in [5, 5.41) is 23.2. The molecule has 0 saturated carbocycles. The Morgan fingerprint density at radius 1 is 1.03 bits per heavy atom. The van der Waals surface area contributed by atoms with Crippen LogP contribution in [0.3, 0.4) is 0 Å². The number of benzene rings is 2. The average Bonchev–Trinajstić information content (AvgIpc) is 2.96. The molecule has 1 atom stereocenters. The van der Waals surface area contributed by atoms with Gasteiger partial charge in [-0.1, -0.05) is 36.3 Å². The number of phenolic OH excluding ortho intramolecular Hbond substituents is 2. The van der Waals surface area contributed by atoms with Gasteiger partial charge in [-0.3, -0.25) is 4.79 Å². The zero-order chi connectivity index (χ0) is 25.2. The molecule has 2 aliphatic rings. The van der Waals surface area contributed by atoms with Gasteiger partial charge < -0.3 is 14.9 Å². The van der Waals surface area contributed by atoms with E-state index in [4.69, 9.17) is 4.74 Å². The third kappa shape index (κ3) is 3.55. The molecule has 0 saturated heterocycles. The van der Waals surface area contributed by atoms with Crippen molar-refractivity contribution in [3.8, 4) is 11.5 Å². The second-order valence-electron chi connectivity index (χ2n) is 11.1. The van der Waals surface area contributed by atoms with E-state index in [1.807, 2.05) is 39.8 Å². The highest BCUT2D eigenvalue weighted by Gasteiger charge is 2.55. The highest BCUT2D eigenvalue weighted by Crippen LogP contribution is 2.58. The quantitative estimate of drug-likeness (QED) is 0.466. The van der Waals surface area contributed by atoms with E-state index in [1.165, 1.54) is 11.1 Å². The smallest absolute Gasteiger partial charge is 0.196 e. The summed E-state index contributed by atoms with van der Waals surface area (Å²) in [5.41, 5.74) is 3.77. The second-order valence-corrected chi connectivity index (χ2v) is 11.1. The Bertz CT molecular complexity index is 1280. The molecule has 2 N–H and O–H groups in total. The van der Waals surface area contributed by atoms with E-state index in [0.717, 1.165) is 22.3 Å². The van der Waals surface area contributed by atoms with Crippen LogP contribution in [0.5, 0.6) is 11.5 Å². The number of aromatic hydroxyl groups is 2. The lowest BCUT2D eigenvalue weighted by Gasteiger charge is -2.40. The number of carbonyl (C=O) groups excluding carboxylic acids is 1. The minimum absolute atomic E-state index is 0.0156. The standard InChI is InChI=1S/C30H36O4/c1-16(2)9-11-30(12-10-17(3)4)21-15-20-13-18(5)14-22(31)24(20)27(33)25(21)26(32)23-19(6)29(7,8)34-28(23)30/h9-10,13-15,19,31,33H,11-12H2,1-8H3/t19-/m0/s1. The average molecular weight is 461 g/mol. The molecule has 1 aliphatic heterocycles. The van der Waals surface area contributed by atoms with Crippen LogP contribution in [0.15, 0.2) is 52.8 Å². The van der Waals surface area contributed by atoms with Crippen LogP contribution < -0.4 is 0 Å². The number of aryl methyl sites for hydroxylation is 1. The van der Waals surface area contributed by atoms with Gasteiger partial charge in [-0.25, -0.2) is 0 Å². The van der Waals surface area contributed by atoms with E-state index in [2.05, 4.69) is 39.8 Å². The van der Waals surface area contributed by atoms with Gasteiger partial charge in [-0.15, -0.1) is 0 Å². The first-order valence-electron chi connectivity index (χ1n) is 12.0. The highest BCUT2D eigenvalue weighted by atomic mass is 16.5. The number of ether oxygens (including phenoxy) is 1. The first-order chi connectivity index (χ1) is 15.8. The van der Waals surface area contributed by atoms with Gasteiger partial charge in [0.1, 0.15) is 22.9 Å². The minimum atomic E-state index is -0.639. The molecule has 0 spiro atoms. The lowest BCUT2D eigenvalue weighted by atomic mass is 9.64. The van der Waals surface area contributed by atoms with Crippen molar-refractivity contribution in [1.29, 1.82) is 0 Å². The lowest BCUT2D eigenvalue weighted by Crippen LogP contribution is -2.36. The lowest BCUT2D eigenvalue weighted by molar-refractivity contribution is 0.0141. The third-order valence-electron chi connectivity index (χ3n) is 7.56. The number of Topliss-reactive ketones (excluding diaryl/α,β-unsaturated/α-hetero) is 1. The summed E-state index contributed by atoms with van der Waals surface area (Å²) >= 11 is 0. The van der Waals surface area contributed by atoms with Crippen molar-refractivity contribution in [2.45, 2.75) is 79.2 Å². The Hall–Kier alpha value is -3.01. The summed E-state index contributed by atoms with van der Waals surface area (Å²) in [6.07, 6.45) is 5.67. The fraction of sp³-hybridized carbons (Fsp3) is 0.433. The van der Waals surface area contributed by atoms with Crippen LogP contribution in [0, 0.1) is 12.8 Å². The van der Waals surface area contributed by atoms with Crippen molar-refractivity contribution < 1.29 is 19.7 Å². The molecule has 1 aliphatic carbocycles. The van der Waals surface area contributed by atoms with Crippen molar-refractivity contribution in [3.05, 3.63) is 69.5 Å². The van der Waals surface area contributed by atoms with Gasteiger partial charge in [0.05, 0.1) is 16.4 Å². The fourth-order valence-corrected chi connectivity index (χ4v) is 5.36. The molecule has 0 fully saturated rings. The molecule has 2 aromatic rings. The van der Waals surface area contributed by atoms with Gasteiger partial charge in [0, 0.05) is 11.5 Å². The van der Waals surface area contributed by atoms with Crippen LogP contribution in [-0.2, 0) is 10.2 Å². The van der Waals surface area contributed by atoms with E-state index in [1.54, 1.807) is 6.07 Å². The van der Waals surface area contributed by atoms with Crippen molar-refractivity contribution in [3.63, 3.8) is 0 Å². The SMILES string of the molecule is CC(C)=CCC1(CC=C(C)C)C2=C(C(=O)c3c1cc1cc(C)cc(O)c1c3O)[C@H](C)C(C)(C)O2. The first-order valence-corrected chi connectivity index (χ1v) is 12.0. The van der Waals surface area contributed by atoms with Gasteiger partial charge in [-0.2, -0.15) is 0 Å². The zero-order valence-corrected chi connectivity index (χ0v) is 21.6. The Morgan fingerprint density at radius 3 is 2.18 bits per heavy atom. The molecule has 0 unspecified atom stereocenters. The largest absolute Gasteiger partial charge is 0.507 e. The van der Waals surface area contributed by atoms with Crippen molar-refractivity contribution >= 4 is 16.6 Å². The van der Waals surface area contributed by atoms with Crippen molar-refractivity contribution in [2.75, 3.05) is 0 Å². The van der Waals surface area contributed by atoms with Crippen LogP contribution in [-0.4, -0.2) is 21.6 Å². The minimum Gasteiger partial charge on any atom is -0.507 e. The van der Waals surface area contributed by atoms with Crippen LogP contribution in [0.1, 0.15) is 82.8 Å². The second kappa shape index (κ2) is 8.04. The zero-order valence-electron chi connectivity index (χ0n) is 21.6. The van der Waals surface area contributed by atoms with Gasteiger partial charge in [0.25, 0.3) is 0 Å². The predicted octanol–water partition coefficient (Wildman–Crippen LogP) is 7.41. The summed E-state index contributed by atoms with van der Waals surface area (Å²) in [6.45, 7) is 16.3. The van der Waals surface area contributed by atoms with Gasteiger partial charge >= 0.3 is 0 Å². The number of phenols is 2. The third-order valence-corrected chi connectivity index (χ3v) is 7.56. The van der Waals surface area contributed by atoms with Gasteiger partial charge in [0.2, 0.25) is 0 Å². The first kappa shape index (κ1) is 24.1. The molecule has 2 aromatic carbocycles. The monoisotopic (exact) mass is 460 g/mol. The molecule has 0 bridgehead atoms. The molecule has 4 heteroatoms. The van der Waals surface area contributed by atoms with E-state index in [-0.39, 0.29) is 23.2 Å². The Balaban J connectivity index is 2.17. The Labute approximate surface area is 202 Å². The van der Waals surface area contributed by atoms with Crippen LogP contribution in [0.2, 0.25) is 0 Å². The van der Waals surface area contributed by atoms with Crippen LogP contribution in [0.25, 0.3) is 10.8 Å². The molecular weight excluding hydrogens is 424 g/mol. The van der Waals surface area contributed by atoms with E-state index in [9.17, 15) is 15.0 Å². The normalized spacial score (nSPS) is 20.0. The number of rotatable bonds is 4. The number of hydrogen-bond acceptors (Lipinski definition) is 4. The van der Waals surface area contributed by atoms with Crippen molar-refractivity contribution in [1.82, 2.24) is 0 Å². The van der Waals surface area contributed by atoms with E-state index >= 15 is 0 Å². The fourth-order valence-electron chi connectivity index (χ4n) is 5.36. The van der Waals surface area contributed by atoms with Gasteiger partial charge in [-0.05, 0) is 90.0 Å². The van der Waals surface area contributed by atoms with Crippen LogP contribution in [0.4, 0.5) is 0 Å². The van der Waals surface area contributed by atoms with Crippen molar-refractivity contribution in [2.24, 2.45) is 5.92 Å². The maximum absolute atomic E-state index is 14.0. The highest BCUT2D eigenvalue weighted by molar-refractivity contribution is 6.17. The maximum atomic E-state index is 14.0. The number of hydrogen-bond donors (Lipinski definition) is 2. The summed E-state index contributed by atoms with van der Waals surface area (Å²) in [7, 11) is 0. The molecule has 34 heavy (non-hydrogen) atoms. The Morgan fingerprint density at radius 2 is 1.62 bits per heavy atom. The van der Waals surface area contributed by atoms with Gasteiger partial charge in [0.15, 0.2) is 5.78 Å². The molecule has 0 radical (unpaired) electrons. The molecular formula is C30H36O4. The summed E-state index contributed by atoms with van der Waals surface area (Å²) in [6, 6.07) is 5.55.